The molecular weight excluding hydrogens is 269 g/mol. The van der Waals surface area contributed by atoms with Gasteiger partial charge in [0.2, 0.25) is 0 Å². The zero-order valence-corrected chi connectivity index (χ0v) is 11.7. The van der Waals surface area contributed by atoms with Gasteiger partial charge in [0.25, 0.3) is 0 Å². The molecule has 1 heterocycles. The second kappa shape index (κ2) is 5.58. The molecule has 3 rings (SSSR count). The fourth-order valence-electron chi connectivity index (χ4n) is 2.57. The molecule has 0 radical (unpaired) electrons. The van der Waals surface area contributed by atoms with Crippen LogP contribution in [0.1, 0.15) is 11.1 Å². The summed E-state index contributed by atoms with van der Waals surface area (Å²) in [4.78, 5) is 0. The van der Waals surface area contributed by atoms with Crippen LogP contribution < -0.4 is 4.74 Å². The Bertz CT molecular complexity index is 780. The third-order valence-electron chi connectivity index (χ3n) is 3.64. The molecule has 1 aromatic heterocycles. The molecule has 108 valence electrons. The van der Waals surface area contributed by atoms with E-state index < -0.39 is 0 Å². The maximum atomic E-state index is 13.7. The molecule has 0 fully saturated rings. The Hall–Kier alpha value is -2.33. The lowest BCUT2D eigenvalue weighted by Crippen LogP contribution is -1.99. The van der Waals surface area contributed by atoms with Gasteiger partial charge in [0.15, 0.2) is 11.6 Å². The van der Waals surface area contributed by atoms with E-state index in [-0.39, 0.29) is 18.2 Å². The number of hydrogen-bond acceptors (Lipinski definition) is 2. The van der Waals surface area contributed by atoms with Crippen molar-refractivity contribution in [2.45, 2.75) is 13.2 Å². The van der Waals surface area contributed by atoms with Crippen molar-refractivity contribution in [3.05, 3.63) is 65.6 Å². The van der Waals surface area contributed by atoms with Crippen LogP contribution in [0.2, 0.25) is 0 Å². The molecule has 0 saturated heterocycles. The summed E-state index contributed by atoms with van der Waals surface area (Å²) in [5.74, 6) is -0.110. The maximum absolute atomic E-state index is 13.7. The minimum Gasteiger partial charge on any atom is -0.494 e. The maximum Gasteiger partial charge on any atom is 0.165 e. The number of halogens is 1. The Balaban J connectivity index is 1.97. The first-order valence-electron chi connectivity index (χ1n) is 6.73. The van der Waals surface area contributed by atoms with E-state index in [0.717, 1.165) is 22.0 Å². The fourth-order valence-corrected chi connectivity index (χ4v) is 2.57. The van der Waals surface area contributed by atoms with Crippen LogP contribution in [0.25, 0.3) is 10.9 Å². The van der Waals surface area contributed by atoms with Crippen LogP contribution in [-0.4, -0.2) is 16.8 Å². The Morgan fingerprint density at radius 3 is 2.76 bits per heavy atom. The SMILES string of the molecule is COc1ccc(Cn2ccc3c(CO)cccc32)cc1F. The summed E-state index contributed by atoms with van der Waals surface area (Å²) in [6, 6.07) is 12.8. The Morgan fingerprint density at radius 1 is 1.19 bits per heavy atom. The molecule has 0 amide bonds. The van der Waals surface area contributed by atoms with Gasteiger partial charge in [-0.3, -0.25) is 0 Å². The molecule has 21 heavy (non-hydrogen) atoms. The first kappa shape index (κ1) is 13.6. The van der Waals surface area contributed by atoms with Gasteiger partial charge in [-0.25, -0.2) is 4.39 Å². The van der Waals surface area contributed by atoms with Crippen molar-refractivity contribution in [1.29, 1.82) is 0 Å². The predicted molar refractivity (Wildman–Crippen MR) is 79.9 cm³/mol. The summed E-state index contributed by atoms with van der Waals surface area (Å²) in [5, 5.41) is 10.4. The Kier molecular flexibility index (Phi) is 3.62. The molecule has 0 bridgehead atoms. The van der Waals surface area contributed by atoms with Crippen LogP contribution in [0.4, 0.5) is 4.39 Å². The number of hydrogen-bond donors (Lipinski definition) is 1. The molecule has 0 aliphatic carbocycles. The highest BCUT2D eigenvalue weighted by Gasteiger charge is 2.07. The second-order valence-corrected chi connectivity index (χ2v) is 4.92. The van der Waals surface area contributed by atoms with E-state index in [2.05, 4.69) is 0 Å². The number of fused-ring (bicyclic) bond motifs is 1. The molecule has 0 aliphatic rings. The zero-order chi connectivity index (χ0) is 14.8. The lowest BCUT2D eigenvalue weighted by atomic mass is 10.1. The topological polar surface area (TPSA) is 34.4 Å². The Morgan fingerprint density at radius 2 is 2.05 bits per heavy atom. The predicted octanol–water partition coefficient (Wildman–Crippen LogP) is 3.33. The molecule has 0 aliphatic heterocycles. The van der Waals surface area contributed by atoms with Gasteiger partial charge < -0.3 is 14.4 Å². The number of aliphatic hydroxyl groups is 1. The highest BCUT2D eigenvalue weighted by atomic mass is 19.1. The van der Waals surface area contributed by atoms with Crippen LogP contribution in [0.3, 0.4) is 0 Å². The Labute approximate surface area is 122 Å². The number of methoxy groups -OCH3 is 1. The van der Waals surface area contributed by atoms with Crippen molar-refractivity contribution in [1.82, 2.24) is 4.57 Å². The molecule has 1 N–H and O–H groups in total. The smallest absolute Gasteiger partial charge is 0.165 e. The number of aliphatic hydroxyl groups excluding tert-OH is 1. The molecule has 0 atom stereocenters. The van der Waals surface area contributed by atoms with E-state index in [4.69, 9.17) is 4.74 Å². The molecule has 0 unspecified atom stereocenters. The molecule has 4 heteroatoms. The normalized spacial score (nSPS) is 11.0. The summed E-state index contributed by atoms with van der Waals surface area (Å²) in [6.45, 7) is 0.581. The van der Waals surface area contributed by atoms with Gasteiger partial charge in [-0.1, -0.05) is 18.2 Å². The van der Waals surface area contributed by atoms with Crippen molar-refractivity contribution in [3.63, 3.8) is 0 Å². The van der Waals surface area contributed by atoms with E-state index in [0.29, 0.717) is 6.54 Å². The second-order valence-electron chi connectivity index (χ2n) is 4.92. The summed E-state index contributed by atoms with van der Waals surface area (Å²) in [5.41, 5.74) is 2.78. The van der Waals surface area contributed by atoms with Crippen LogP contribution in [0.5, 0.6) is 5.75 Å². The summed E-state index contributed by atoms with van der Waals surface area (Å²) >= 11 is 0. The van der Waals surface area contributed by atoms with Gasteiger partial charge in [-0.2, -0.15) is 0 Å². The molecule has 0 saturated carbocycles. The first-order chi connectivity index (χ1) is 10.2. The standard InChI is InChI=1S/C17H16FNO2/c1-21-17-6-5-12(9-15(17)18)10-19-8-7-14-13(11-20)3-2-4-16(14)19/h2-9,20H,10-11H2,1H3. The van der Waals surface area contributed by atoms with Gasteiger partial charge in [-0.05, 0) is 35.4 Å². The van der Waals surface area contributed by atoms with Crippen LogP contribution in [0.15, 0.2) is 48.7 Å². The van der Waals surface area contributed by atoms with E-state index in [1.54, 1.807) is 6.07 Å². The van der Waals surface area contributed by atoms with Gasteiger partial charge in [0, 0.05) is 23.6 Å². The van der Waals surface area contributed by atoms with Crippen LogP contribution >= 0.6 is 0 Å². The van der Waals surface area contributed by atoms with E-state index in [1.165, 1.54) is 13.2 Å². The van der Waals surface area contributed by atoms with Gasteiger partial charge >= 0.3 is 0 Å². The van der Waals surface area contributed by atoms with Crippen molar-refractivity contribution >= 4 is 10.9 Å². The highest BCUT2D eigenvalue weighted by molar-refractivity contribution is 5.83. The highest BCUT2D eigenvalue weighted by Crippen LogP contribution is 2.23. The third-order valence-corrected chi connectivity index (χ3v) is 3.64. The van der Waals surface area contributed by atoms with E-state index in [1.807, 2.05) is 41.1 Å². The summed E-state index contributed by atoms with van der Waals surface area (Å²) in [6.07, 6.45) is 1.95. The molecule has 2 aromatic carbocycles. The zero-order valence-electron chi connectivity index (χ0n) is 11.7. The average Bonchev–Trinajstić information content (AvgIpc) is 2.91. The quantitative estimate of drug-likeness (QED) is 0.798. The number of rotatable bonds is 4. The first-order valence-corrected chi connectivity index (χ1v) is 6.73. The minimum atomic E-state index is -0.359. The molecule has 3 nitrogen and oxygen atoms in total. The number of benzene rings is 2. The third kappa shape index (κ3) is 2.50. The molecule has 3 aromatic rings. The van der Waals surface area contributed by atoms with Gasteiger partial charge in [0.05, 0.1) is 13.7 Å². The van der Waals surface area contributed by atoms with Crippen LogP contribution in [-0.2, 0) is 13.2 Å². The lowest BCUT2D eigenvalue weighted by Gasteiger charge is -2.08. The summed E-state index contributed by atoms with van der Waals surface area (Å²) < 4.78 is 20.7. The average molecular weight is 285 g/mol. The van der Waals surface area contributed by atoms with Gasteiger partial charge in [-0.15, -0.1) is 0 Å². The lowest BCUT2D eigenvalue weighted by molar-refractivity contribution is 0.283. The number of ether oxygens (including phenoxy) is 1. The summed E-state index contributed by atoms with van der Waals surface area (Å²) in [7, 11) is 1.45. The number of aromatic nitrogens is 1. The molecule has 0 spiro atoms. The van der Waals surface area contributed by atoms with Crippen molar-refractivity contribution in [2.24, 2.45) is 0 Å². The number of nitrogens with zero attached hydrogens (tertiary/aromatic N) is 1. The fraction of sp³-hybridized carbons (Fsp3) is 0.176. The van der Waals surface area contributed by atoms with Crippen molar-refractivity contribution in [2.75, 3.05) is 7.11 Å². The largest absolute Gasteiger partial charge is 0.494 e. The van der Waals surface area contributed by atoms with Crippen molar-refractivity contribution in [3.8, 4) is 5.75 Å². The van der Waals surface area contributed by atoms with Crippen LogP contribution in [0, 0.1) is 5.82 Å². The van der Waals surface area contributed by atoms with E-state index >= 15 is 0 Å². The monoisotopic (exact) mass is 285 g/mol. The van der Waals surface area contributed by atoms with E-state index in [9.17, 15) is 9.50 Å². The van der Waals surface area contributed by atoms with Crippen molar-refractivity contribution < 1.29 is 14.2 Å². The minimum absolute atomic E-state index is 0.0124. The van der Waals surface area contributed by atoms with Gasteiger partial charge in [0.1, 0.15) is 0 Å². The molecular formula is C17H16FNO2.